The van der Waals surface area contributed by atoms with Crippen molar-refractivity contribution < 1.29 is 8.42 Å². The molecule has 7 nitrogen and oxygen atoms in total. The number of aliphatic imine (C=N–C) groups is 1. The minimum absolute atomic E-state index is 0.305. The van der Waals surface area contributed by atoms with Crippen molar-refractivity contribution in [2.75, 3.05) is 5.32 Å². The topological polar surface area (TPSA) is 107 Å². The van der Waals surface area contributed by atoms with E-state index in [1.165, 1.54) is 0 Å². The number of nitriles is 1. The lowest BCUT2D eigenvalue weighted by molar-refractivity contribution is 0.301. The van der Waals surface area contributed by atoms with Gasteiger partial charge in [-0.05, 0) is 60.9 Å². The molecule has 0 aliphatic heterocycles. The third-order valence-corrected chi connectivity index (χ3v) is 7.55. The molecule has 1 aliphatic rings. The van der Waals surface area contributed by atoms with Crippen molar-refractivity contribution in [3.05, 3.63) is 54.4 Å². The first-order chi connectivity index (χ1) is 14.4. The lowest BCUT2D eigenvalue weighted by Gasteiger charge is -2.31. The zero-order chi connectivity index (χ0) is 21.6. The second-order valence-electron chi connectivity index (χ2n) is 7.99. The minimum Gasteiger partial charge on any atom is -0.325 e. The summed E-state index contributed by atoms with van der Waals surface area (Å²) >= 11 is 0. The molecule has 1 aromatic heterocycles. The van der Waals surface area contributed by atoms with Crippen molar-refractivity contribution in [2.45, 2.75) is 49.8 Å². The van der Waals surface area contributed by atoms with E-state index in [9.17, 15) is 8.42 Å². The molecule has 1 aromatic carbocycles. The fourth-order valence-corrected chi connectivity index (χ4v) is 6.07. The molecule has 0 radical (unpaired) electrons. The number of nitrogens with one attached hydrogen (secondary N) is 2. The third kappa shape index (κ3) is 5.57. The van der Waals surface area contributed by atoms with Crippen molar-refractivity contribution in [1.29, 1.82) is 5.26 Å². The number of guanidine groups is 1. The summed E-state index contributed by atoms with van der Waals surface area (Å²) in [7, 11) is -3.33. The Hall–Kier alpha value is -2.92. The largest absolute Gasteiger partial charge is 0.325 e. The van der Waals surface area contributed by atoms with E-state index in [1.807, 2.05) is 6.19 Å². The van der Waals surface area contributed by atoms with Gasteiger partial charge in [-0.1, -0.05) is 26.0 Å². The van der Waals surface area contributed by atoms with Crippen LogP contribution >= 0.6 is 0 Å². The van der Waals surface area contributed by atoms with Gasteiger partial charge < -0.3 is 5.32 Å². The second kappa shape index (κ2) is 9.72. The summed E-state index contributed by atoms with van der Waals surface area (Å²) in [5.74, 6) is 1.17. The van der Waals surface area contributed by atoms with Gasteiger partial charge in [-0.3, -0.25) is 10.3 Å². The number of nitrogens with zero attached hydrogens (tertiary/aromatic N) is 3. The van der Waals surface area contributed by atoms with Gasteiger partial charge in [-0.15, -0.1) is 0 Å². The summed E-state index contributed by atoms with van der Waals surface area (Å²) in [5.41, 5.74) is 1.61. The highest BCUT2D eigenvalue weighted by atomic mass is 32.2. The van der Waals surface area contributed by atoms with Crippen LogP contribution in [0.2, 0.25) is 0 Å². The molecule has 2 aromatic rings. The summed E-state index contributed by atoms with van der Waals surface area (Å²) in [6.07, 6.45) is 7.68. The predicted octanol–water partition coefficient (Wildman–Crippen LogP) is 3.72. The van der Waals surface area contributed by atoms with E-state index in [-0.39, 0.29) is 5.25 Å². The molecule has 0 bridgehead atoms. The Labute approximate surface area is 178 Å². The van der Waals surface area contributed by atoms with E-state index in [4.69, 9.17) is 5.26 Å². The Bertz CT molecular complexity index is 1000. The van der Waals surface area contributed by atoms with E-state index in [0.29, 0.717) is 29.2 Å². The number of hydrogen-bond acceptors (Lipinski definition) is 5. The maximum atomic E-state index is 13.1. The van der Waals surface area contributed by atoms with Crippen LogP contribution in [0.25, 0.3) is 0 Å². The molecule has 0 spiro atoms. The van der Waals surface area contributed by atoms with Gasteiger partial charge >= 0.3 is 0 Å². The molecule has 3 rings (SSSR count). The van der Waals surface area contributed by atoms with Crippen LogP contribution in [0.5, 0.6) is 0 Å². The summed E-state index contributed by atoms with van der Waals surface area (Å²) in [6.45, 7) is 4.57. The van der Waals surface area contributed by atoms with Crippen molar-refractivity contribution in [2.24, 2.45) is 16.8 Å². The Morgan fingerprint density at radius 2 is 1.73 bits per heavy atom. The van der Waals surface area contributed by atoms with Crippen molar-refractivity contribution in [3.63, 3.8) is 0 Å². The van der Waals surface area contributed by atoms with Gasteiger partial charge in [0.25, 0.3) is 0 Å². The smallest absolute Gasteiger partial charge is 0.209 e. The first-order valence-corrected chi connectivity index (χ1v) is 11.6. The highest BCUT2D eigenvalue weighted by Gasteiger charge is 2.34. The summed E-state index contributed by atoms with van der Waals surface area (Å²) < 4.78 is 26.1. The van der Waals surface area contributed by atoms with Gasteiger partial charge in [-0.2, -0.15) is 5.26 Å². The monoisotopic (exact) mass is 425 g/mol. The van der Waals surface area contributed by atoms with Crippen LogP contribution in [0.1, 0.15) is 38.7 Å². The van der Waals surface area contributed by atoms with Gasteiger partial charge in [0.1, 0.15) is 0 Å². The number of sulfone groups is 1. The van der Waals surface area contributed by atoms with E-state index >= 15 is 0 Å². The van der Waals surface area contributed by atoms with Crippen LogP contribution in [-0.4, -0.2) is 24.6 Å². The number of pyridine rings is 1. The maximum absolute atomic E-state index is 13.1. The summed E-state index contributed by atoms with van der Waals surface area (Å²) in [6, 6.07) is 10.4. The van der Waals surface area contributed by atoms with Crippen LogP contribution in [0.15, 0.2) is 58.7 Å². The highest BCUT2D eigenvalue weighted by molar-refractivity contribution is 7.92. The lowest BCUT2D eigenvalue weighted by Crippen LogP contribution is -2.31. The maximum Gasteiger partial charge on any atom is 0.209 e. The van der Waals surface area contributed by atoms with Crippen LogP contribution in [0, 0.1) is 23.3 Å². The quantitative estimate of drug-likeness (QED) is 0.327. The molecule has 0 amide bonds. The molecule has 2 atom stereocenters. The standard InChI is InChI=1S/C22H27N5O2S/c1-16-11-17(2)13-21(12-16)30(28,29)20-5-3-18(4-6-20)14-25-22(26-15-23)27-19-7-9-24-10-8-19/h3-10,16-17,21H,11-14H2,1-2H3,(H2,24,25,26,27). The fourth-order valence-electron chi connectivity index (χ4n) is 4.01. The van der Waals surface area contributed by atoms with E-state index < -0.39 is 9.84 Å². The Balaban J connectivity index is 1.70. The molecule has 1 fully saturated rings. The molecule has 1 heterocycles. The minimum atomic E-state index is -3.33. The summed E-state index contributed by atoms with van der Waals surface area (Å²) in [5, 5.41) is 14.2. The molecular weight excluding hydrogens is 398 g/mol. The third-order valence-electron chi connectivity index (χ3n) is 5.36. The molecule has 0 saturated heterocycles. The molecule has 1 saturated carbocycles. The Kier molecular flexibility index (Phi) is 7.06. The zero-order valence-electron chi connectivity index (χ0n) is 17.2. The molecular formula is C22H27N5O2S. The first-order valence-electron chi connectivity index (χ1n) is 10.1. The van der Waals surface area contributed by atoms with E-state index in [1.54, 1.807) is 48.8 Å². The van der Waals surface area contributed by atoms with Gasteiger partial charge in [0, 0.05) is 18.1 Å². The predicted molar refractivity (Wildman–Crippen MR) is 117 cm³/mol. The molecule has 2 unspecified atom stereocenters. The number of hydrogen-bond donors (Lipinski definition) is 2. The SMILES string of the molecule is CC1CC(C)CC(S(=O)(=O)c2ccc(CN=C(NC#N)Nc3ccncc3)cc2)C1. The van der Waals surface area contributed by atoms with Crippen LogP contribution in [-0.2, 0) is 16.4 Å². The average Bonchev–Trinajstić information content (AvgIpc) is 2.72. The second-order valence-corrected chi connectivity index (χ2v) is 10.2. The summed E-state index contributed by atoms with van der Waals surface area (Å²) in [4.78, 5) is 8.70. The van der Waals surface area contributed by atoms with Gasteiger partial charge in [0.15, 0.2) is 16.0 Å². The van der Waals surface area contributed by atoms with Crippen LogP contribution < -0.4 is 10.6 Å². The molecule has 158 valence electrons. The van der Waals surface area contributed by atoms with Crippen LogP contribution in [0.3, 0.4) is 0 Å². The normalized spacial score (nSPS) is 22.2. The van der Waals surface area contributed by atoms with Gasteiger partial charge in [0.05, 0.1) is 16.7 Å². The van der Waals surface area contributed by atoms with Crippen molar-refractivity contribution in [1.82, 2.24) is 10.3 Å². The van der Waals surface area contributed by atoms with E-state index in [2.05, 4.69) is 34.5 Å². The van der Waals surface area contributed by atoms with Crippen molar-refractivity contribution >= 4 is 21.5 Å². The zero-order valence-corrected chi connectivity index (χ0v) is 18.1. The first kappa shape index (κ1) is 21.8. The number of benzene rings is 1. The molecule has 8 heteroatoms. The Morgan fingerprint density at radius 1 is 1.10 bits per heavy atom. The fraction of sp³-hybridized carbons (Fsp3) is 0.409. The number of aromatic nitrogens is 1. The molecule has 1 aliphatic carbocycles. The number of rotatable bonds is 5. The van der Waals surface area contributed by atoms with Gasteiger partial charge in [0.2, 0.25) is 5.96 Å². The Morgan fingerprint density at radius 3 is 2.33 bits per heavy atom. The lowest BCUT2D eigenvalue weighted by atomic mass is 9.83. The molecule has 30 heavy (non-hydrogen) atoms. The van der Waals surface area contributed by atoms with E-state index in [0.717, 1.165) is 30.5 Å². The number of anilines is 1. The average molecular weight is 426 g/mol. The van der Waals surface area contributed by atoms with Crippen molar-refractivity contribution in [3.8, 4) is 6.19 Å². The molecule has 2 N–H and O–H groups in total. The highest BCUT2D eigenvalue weighted by Crippen LogP contribution is 2.35. The van der Waals surface area contributed by atoms with Crippen LogP contribution in [0.4, 0.5) is 5.69 Å². The van der Waals surface area contributed by atoms with Gasteiger partial charge in [-0.25, -0.2) is 13.4 Å².